The van der Waals surface area contributed by atoms with Gasteiger partial charge in [-0.1, -0.05) is 47.0 Å². The van der Waals surface area contributed by atoms with Crippen LogP contribution >= 0.6 is 0 Å². The van der Waals surface area contributed by atoms with Crippen LogP contribution in [0.2, 0.25) is 12.1 Å². The van der Waals surface area contributed by atoms with Crippen molar-refractivity contribution in [1.82, 2.24) is 0 Å². The van der Waals surface area contributed by atoms with E-state index in [2.05, 4.69) is 34.6 Å². The topological polar surface area (TPSA) is 18.5 Å². The highest BCUT2D eigenvalue weighted by Crippen LogP contribution is 2.22. The van der Waals surface area contributed by atoms with Crippen LogP contribution < -0.4 is 0 Å². The smallest absolute Gasteiger partial charge is 0.337 e. The highest BCUT2D eigenvalue weighted by atomic mass is 28.4. The Morgan fingerprint density at radius 3 is 2.00 bits per heavy atom. The predicted octanol–water partition coefficient (Wildman–Crippen LogP) is 4.74. The molecule has 0 heterocycles. The van der Waals surface area contributed by atoms with Gasteiger partial charge in [-0.05, 0) is 31.4 Å². The summed E-state index contributed by atoms with van der Waals surface area (Å²) in [6.45, 7) is 12.7. The fourth-order valence-electron chi connectivity index (χ4n) is 2.13. The lowest BCUT2D eigenvalue weighted by Gasteiger charge is -2.30. The first-order valence-electron chi connectivity index (χ1n) is 7.45. The third kappa shape index (κ3) is 6.58. The lowest BCUT2D eigenvalue weighted by Crippen LogP contribution is -2.42. The molecule has 1 atom stereocenters. The number of rotatable bonds is 11. The third-order valence-electron chi connectivity index (χ3n) is 3.61. The van der Waals surface area contributed by atoms with Crippen molar-refractivity contribution >= 4 is 8.56 Å². The molecule has 0 aromatic carbocycles. The summed E-state index contributed by atoms with van der Waals surface area (Å²) >= 11 is 0. The first-order valence-corrected chi connectivity index (χ1v) is 9.68. The van der Waals surface area contributed by atoms with Crippen LogP contribution in [0.5, 0.6) is 0 Å². The second kappa shape index (κ2) is 10.1. The van der Waals surface area contributed by atoms with Crippen LogP contribution in [0.15, 0.2) is 0 Å². The molecule has 0 saturated heterocycles. The fourth-order valence-corrected chi connectivity index (χ4v) is 4.60. The Morgan fingerprint density at radius 1 is 0.941 bits per heavy atom. The van der Waals surface area contributed by atoms with E-state index >= 15 is 0 Å². The predicted molar refractivity (Wildman–Crippen MR) is 77.6 cm³/mol. The summed E-state index contributed by atoms with van der Waals surface area (Å²) < 4.78 is 12.2. The minimum Gasteiger partial charge on any atom is -0.395 e. The summed E-state index contributed by atoms with van der Waals surface area (Å²) in [6.07, 6.45) is 5.14. The van der Waals surface area contributed by atoms with E-state index in [4.69, 9.17) is 8.85 Å². The summed E-state index contributed by atoms with van der Waals surface area (Å²) in [5.41, 5.74) is 0. The lowest BCUT2D eigenvalue weighted by molar-refractivity contribution is 0.144. The first kappa shape index (κ1) is 17.1. The van der Waals surface area contributed by atoms with Gasteiger partial charge in [0.15, 0.2) is 0 Å². The number of unbranched alkanes of at least 4 members (excludes halogenated alkanes) is 1. The van der Waals surface area contributed by atoms with Crippen molar-refractivity contribution < 1.29 is 8.85 Å². The van der Waals surface area contributed by atoms with Gasteiger partial charge in [0.25, 0.3) is 0 Å². The van der Waals surface area contributed by atoms with Crippen molar-refractivity contribution in [2.75, 3.05) is 13.2 Å². The lowest BCUT2D eigenvalue weighted by atomic mass is 10.0. The molecule has 0 spiro atoms. The maximum atomic E-state index is 6.24. The molecule has 104 valence electrons. The molecule has 0 aliphatic heterocycles. The number of hydrogen-bond acceptors (Lipinski definition) is 2. The van der Waals surface area contributed by atoms with Crippen molar-refractivity contribution in [1.29, 1.82) is 0 Å². The molecule has 0 fully saturated rings. The summed E-state index contributed by atoms with van der Waals surface area (Å²) in [4.78, 5) is 0. The van der Waals surface area contributed by atoms with Crippen LogP contribution in [0.3, 0.4) is 0 Å². The second-order valence-corrected chi connectivity index (χ2v) is 8.59. The molecule has 0 amide bonds. The van der Waals surface area contributed by atoms with Gasteiger partial charge in [-0.3, -0.25) is 0 Å². The second-order valence-electron chi connectivity index (χ2n) is 4.78. The van der Waals surface area contributed by atoms with Crippen molar-refractivity contribution in [3.05, 3.63) is 0 Å². The van der Waals surface area contributed by atoms with Gasteiger partial charge in [0.2, 0.25) is 0 Å². The molecule has 3 heteroatoms. The molecular weight excluding hydrogens is 228 g/mol. The van der Waals surface area contributed by atoms with Crippen LogP contribution in [0, 0.1) is 5.92 Å². The van der Waals surface area contributed by atoms with Crippen LogP contribution in [0.25, 0.3) is 0 Å². The van der Waals surface area contributed by atoms with Gasteiger partial charge < -0.3 is 8.85 Å². The largest absolute Gasteiger partial charge is 0.395 e. The van der Waals surface area contributed by atoms with E-state index in [1.807, 2.05) is 0 Å². The van der Waals surface area contributed by atoms with Gasteiger partial charge in [-0.15, -0.1) is 0 Å². The fraction of sp³-hybridized carbons (Fsp3) is 1.00. The van der Waals surface area contributed by atoms with Gasteiger partial charge in [0.05, 0.1) is 0 Å². The quantitative estimate of drug-likeness (QED) is 0.500. The standard InChI is InChI=1S/C14H32O2Si/c1-6-11-12-14(7-2)13-16-17(9-4,10-5)15-8-3/h14H,6-13H2,1-5H3. The molecule has 1 unspecified atom stereocenters. The zero-order valence-electron chi connectivity index (χ0n) is 12.6. The molecule has 0 N–H and O–H groups in total. The first-order chi connectivity index (χ1) is 8.17. The molecule has 2 nitrogen and oxygen atoms in total. The normalized spacial score (nSPS) is 13.9. The minimum absolute atomic E-state index is 0.723. The Labute approximate surface area is 109 Å². The Bertz CT molecular complexity index is 170. The summed E-state index contributed by atoms with van der Waals surface area (Å²) in [5.74, 6) is 0.723. The van der Waals surface area contributed by atoms with E-state index in [1.54, 1.807) is 0 Å². The van der Waals surface area contributed by atoms with Gasteiger partial charge in [-0.25, -0.2) is 0 Å². The minimum atomic E-state index is -1.86. The van der Waals surface area contributed by atoms with Crippen LogP contribution in [0.1, 0.15) is 60.3 Å². The molecular formula is C14H32O2Si. The molecule has 0 radical (unpaired) electrons. The number of hydrogen-bond donors (Lipinski definition) is 0. The molecule has 0 bridgehead atoms. The highest BCUT2D eigenvalue weighted by Gasteiger charge is 2.33. The Balaban J connectivity index is 4.16. The van der Waals surface area contributed by atoms with Crippen LogP contribution in [-0.2, 0) is 8.85 Å². The summed E-state index contributed by atoms with van der Waals surface area (Å²) in [5, 5.41) is 0. The summed E-state index contributed by atoms with van der Waals surface area (Å²) in [7, 11) is -1.86. The average Bonchev–Trinajstić information content (AvgIpc) is 2.37. The molecule has 0 aliphatic carbocycles. The molecule has 0 aromatic heterocycles. The van der Waals surface area contributed by atoms with Crippen molar-refractivity contribution in [2.24, 2.45) is 5.92 Å². The molecule has 0 saturated carbocycles. The van der Waals surface area contributed by atoms with E-state index in [0.717, 1.165) is 31.2 Å². The van der Waals surface area contributed by atoms with E-state index in [0.29, 0.717) is 0 Å². The Hall–Kier alpha value is 0.137. The van der Waals surface area contributed by atoms with Gasteiger partial charge in [0.1, 0.15) is 0 Å². The zero-order valence-corrected chi connectivity index (χ0v) is 13.6. The van der Waals surface area contributed by atoms with Crippen LogP contribution in [0.4, 0.5) is 0 Å². The third-order valence-corrected chi connectivity index (χ3v) is 7.27. The summed E-state index contributed by atoms with van der Waals surface area (Å²) in [6, 6.07) is 2.14. The maximum Gasteiger partial charge on any atom is 0.337 e. The Morgan fingerprint density at radius 2 is 1.59 bits per heavy atom. The SMILES string of the molecule is CCCCC(CC)CO[Si](CC)(CC)OCC. The zero-order chi connectivity index (χ0) is 13.1. The van der Waals surface area contributed by atoms with Gasteiger partial charge >= 0.3 is 8.56 Å². The van der Waals surface area contributed by atoms with Crippen molar-refractivity contribution in [3.63, 3.8) is 0 Å². The van der Waals surface area contributed by atoms with Gasteiger partial charge in [-0.2, -0.15) is 0 Å². The maximum absolute atomic E-state index is 6.24. The van der Waals surface area contributed by atoms with E-state index in [9.17, 15) is 0 Å². The van der Waals surface area contributed by atoms with E-state index < -0.39 is 8.56 Å². The molecule has 0 aromatic rings. The molecule has 0 rings (SSSR count). The van der Waals surface area contributed by atoms with Crippen molar-refractivity contribution in [2.45, 2.75) is 72.4 Å². The van der Waals surface area contributed by atoms with E-state index in [-0.39, 0.29) is 0 Å². The average molecular weight is 260 g/mol. The van der Waals surface area contributed by atoms with Crippen molar-refractivity contribution in [3.8, 4) is 0 Å². The monoisotopic (exact) mass is 260 g/mol. The highest BCUT2D eigenvalue weighted by molar-refractivity contribution is 6.67. The molecule has 17 heavy (non-hydrogen) atoms. The van der Waals surface area contributed by atoms with Gasteiger partial charge in [0, 0.05) is 13.2 Å². The van der Waals surface area contributed by atoms with Crippen LogP contribution in [-0.4, -0.2) is 21.8 Å². The van der Waals surface area contributed by atoms with E-state index in [1.165, 1.54) is 25.7 Å². The Kier molecular flexibility index (Phi) is 10.2. The molecule has 0 aliphatic rings.